The number of benzene rings is 2. The molecule has 0 aliphatic rings. The van der Waals surface area contributed by atoms with Gasteiger partial charge in [0.2, 0.25) is 0 Å². The van der Waals surface area contributed by atoms with Crippen molar-refractivity contribution >= 4 is 11.6 Å². The molecule has 6 heteroatoms. The third kappa shape index (κ3) is 2.87. The highest BCUT2D eigenvalue weighted by Crippen LogP contribution is 2.22. The van der Waals surface area contributed by atoms with Gasteiger partial charge in [-0.3, -0.25) is 0 Å². The van der Waals surface area contributed by atoms with E-state index in [2.05, 4.69) is 15.5 Å². The Bertz CT molecular complexity index is 739. The molecule has 0 aliphatic heterocycles. The number of hydrogen-bond acceptors (Lipinski definition) is 4. The van der Waals surface area contributed by atoms with E-state index in [0.29, 0.717) is 17.4 Å². The van der Waals surface area contributed by atoms with Crippen molar-refractivity contribution in [1.29, 1.82) is 0 Å². The molecule has 0 unspecified atom stereocenters. The van der Waals surface area contributed by atoms with E-state index in [1.807, 2.05) is 48.5 Å². The molecular weight excluding hydrogens is 288 g/mol. The lowest BCUT2D eigenvalue weighted by Crippen LogP contribution is -2.04. The highest BCUT2D eigenvalue weighted by atomic mass is 35.5. The molecule has 1 aromatic heterocycles. The summed E-state index contributed by atoms with van der Waals surface area (Å²) >= 11 is 6.18. The van der Waals surface area contributed by atoms with Crippen LogP contribution in [0.5, 0.6) is 5.75 Å². The summed E-state index contributed by atoms with van der Waals surface area (Å²) in [5.41, 5.74) is 1.90. The van der Waals surface area contributed by atoms with Gasteiger partial charge in [0, 0.05) is 10.6 Å². The van der Waals surface area contributed by atoms with Gasteiger partial charge in [-0.1, -0.05) is 29.8 Å². The minimum atomic E-state index is 0.522. The number of tetrazole rings is 1. The lowest BCUT2D eigenvalue weighted by molar-refractivity contribution is 0.415. The van der Waals surface area contributed by atoms with Gasteiger partial charge in [0.15, 0.2) is 5.82 Å². The van der Waals surface area contributed by atoms with Crippen molar-refractivity contribution in [2.75, 3.05) is 7.11 Å². The van der Waals surface area contributed by atoms with E-state index in [1.54, 1.807) is 11.8 Å². The second kappa shape index (κ2) is 5.93. The summed E-state index contributed by atoms with van der Waals surface area (Å²) in [5.74, 6) is 1.49. The molecule has 21 heavy (non-hydrogen) atoms. The summed E-state index contributed by atoms with van der Waals surface area (Å²) < 4.78 is 6.88. The molecule has 0 radical (unpaired) electrons. The highest BCUT2D eigenvalue weighted by molar-refractivity contribution is 6.31. The zero-order valence-corrected chi connectivity index (χ0v) is 12.2. The molecule has 0 atom stereocenters. The molecule has 0 spiro atoms. The fraction of sp³-hybridized carbons (Fsp3) is 0.133. The molecule has 0 fully saturated rings. The Morgan fingerprint density at radius 2 is 1.86 bits per heavy atom. The predicted molar refractivity (Wildman–Crippen MR) is 80.4 cm³/mol. The number of methoxy groups -OCH3 is 1. The van der Waals surface area contributed by atoms with Crippen LogP contribution in [0, 0.1) is 0 Å². The number of nitrogens with zero attached hydrogens (tertiary/aromatic N) is 4. The predicted octanol–water partition coefficient (Wildman–Crippen LogP) is 3.05. The van der Waals surface area contributed by atoms with Crippen molar-refractivity contribution in [2.24, 2.45) is 0 Å². The molecule has 0 saturated heterocycles. The van der Waals surface area contributed by atoms with E-state index in [0.717, 1.165) is 16.9 Å². The van der Waals surface area contributed by atoms with Gasteiger partial charge in [-0.2, -0.15) is 0 Å². The van der Waals surface area contributed by atoms with Crippen LogP contribution in [0.25, 0.3) is 11.4 Å². The van der Waals surface area contributed by atoms with E-state index in [4.69, 9.17) is 16.3 Å². The van der Waals surface area contributed by atoms with Gasteiger partial charge in [-0.05, 0) is 46.3 Å². The Morgan fingerprint density at radius 1 is 1.10 bits per heavy atom. The SMILES string of the molecule is COc1ccc(-c2nnnn2Cc2ccccc2Cl)cc1. The highest BCUT2D eigenvalue weighted by Gasteiger charge is 2.10. The number of aromatic nitrogens is 4. The summed E-state index contributed by atoms with van der Waals surface area (Å²) in [7, 11) is 1.64. The number of halogens is 1. The molecule has 3 aromatic rings. The second-order valence-electron chi connectivity index (χ2n) is 4.48. The van der Waals surface area contributed by atoms with E-state index >= 15 is 0 Å². The lowest BCUT2D eigenvalue weighted by Gasteiger charge is -2.07. The van der Waals surface area contributed by atoms with Crippen molar-refractivity contribution in [3.63, 3.8) is 0 Å². The van der Waals surface area contributed by atoms with Crippen LogP contribution in [0.3, 0.4) is 0 Å². The van der Waals surface area contributed by atoms with Gasteiger partial charge in [0.05, 0.1) is 13.7 Å². The second-order valence-corrected chi connectivity index (χ2v) is 4.89. The molecule has 0 bridgehead atoms. The van der Waals surface area contributed by atoms with Crippen molar-refractivity contribution in [1.82, 2.24) is 20.2 Å². The monoisotopic (exact) mass is 300 g/mol. The zero-order chi connectivity index (χ0) is 14.7. The molecule has 106 valence electrons. The molecule has 5 nitrogen and oxygen atoms in total. The quantitative estimate of drug-likeness (QED) is 0.743. The van der Waals surface area contributed by atoms with Crippen molar-refractivity contribution in [2.45, 2.75) is 6.54 Å². The van der Waals surface area contributed by atoms with Crippen LogP contribution in [0.2, 0.25) is 5.02 Å². The van der Waals surface area contributed by atoms with Crippen LogP contribution in [0.1, 0.15) is 5.56 Å². The van der Waals surface area contributed by atoms with Crippen LogP contribution < -0.4 is 4.74 Å². The molecule has 2 aromatic carbocycles. The first-order valence-corrected chi connectivity index (χ1v) is 6.80. The normalized spacial score (nSPS) is 10.6. The third-order valence-corrected chi connectivity index (χ3v) is 3.53. The lowest BCUT2D eigenvalue weighted by atomic mass is 10.2. The standard InChI is InChI=1S/C15H13ClN4O/c1-21-13-8-6-11(7-9-13)15-17-18-19-20(15)10-12-4-2-3-5-14(12)16/h2-9H,10H2,1H3. The van der Waals surface area contributed by atoms with Crippen LogP contribution in [-0.4, -0.2) is 27.3 Å². The van der Waals surface area contributed by atoms with Crippen LogP contribution in [0.15, 0.2) is 48.5 Å². The fourth-order valence-corrected chi connectivity index (χ4v) is 2.24. The average molecular weight is 301 g/mol. The Morgan fingerprint density at radius 3 is 2.57 bits per heavy atom. The van der Waals surface area contributed by atoms with Crippen LogP contribution in [0.4, 0.5) is 0 Å². The Kier molecular flexibility index (Phi) is 3.83. The Labute approximate surface area is 127 Å². The first-order chi connectivity index (χ1) is 10.3. The molecule has 1 heterocycles. The molecule has 3 rings (SSSR count). The van der Waals surface area contributed by atoms with Crippen LogP contribution >= 0.6 is 11.6 Å². The average Bonchev–Trinajstić information content (AvgIpc) is 2.98. The van der Waals surface area contributed by atoms with Gasteiger partial charge in [-0.15, -0.1) is 5.10 Å². The molecule has 0 N–H and O–H groups in total. The van der Waals surface area contributed by atoms with Gasteiger partial charge in [0.1, 0.15) is 5.75 Å². The Hall–Kier alpha value is -2.40. The largest absolute Gasteiger partial charge is 0.497 e. The topological polar surface area (TPSA) is 52.8 Å². The third-order valence-electron chi connectivity index (χ3n) is 3.16. The molecule has 0 aliphatic carbocycles. The molecular formula is C15H13ClN4O. The summed E-state index contributed by atoms with van der Waals surface area (Å²) in [4.78, 5) is 0. The summed E-state index contributed by atoms with van der Waals surface area (Å²) in [5, 5.41) is 12.6. The maximum atomic E-state index is 6.18. The van der Waals surface area contributed by atoms with Gasteiger partial charge in [-0.25, -0.2) is 4.68 Å². The fourth-order valence-electron chi connectivity index (χ4n) is 2.05. The van der Waals surface area contributed by atoms with Gasteiger partial charge >= 0.3 is 0 Å². The minimum absolute atomic E-state index is 0.522. The maximum Gasteiger partial charge on any atom is 0.182 e. The van der Waals surface area contributed by atoms with Crippen molar-refractivity contribution in [3.8, 4) is 17.1 Å². The first-order valence-electron chi connectivity index (χ1n) is 6.42. The first kappa shape index (κ1) is 13.6. The Balaban J connectivity index is 1.91. The van der Waals surface area contributed by atoms with Gasteiger partial charge < -0.3 is 4.74 Å². The van der Waals surface area contributed by atoms with E-state index in [-0.39, 0.29) is 0 Å². The zero-order valence-electron chi connectivity index (χ0n) is 11.4. The van der Waals surface area contributed by atoms with Gasteiger partial charge in [0.25, 0.3) is 0 Å². The van der Waals surface area contributed by atoms with E-state index in [9.17, 15) is 0 Å². The summed E-state index contributed by atoms with van der Waals surface area (Å²) in [6, 6.07) is 15.3. The smallest absolute Gasteiger partial charge is 0.182 e. The summed E-state index contributed by atoms with van der Waals surface area (Å²) in [6.45, 7) is 0.522. The van der Waals surface area contributed by atoms with Crippen molar-refractivity contribution < 1.29 is 4.74 Å². The van der Waals surface area contributed by atoms with E-state index in [1.165, 1.54) is 0 Å². The van der Waals surface area contributed by atoms with Crippen molar-refractivity contribution in [3.05, 3.63) is 59.1 Å². The van der Waals surface area contributed by atoms with Crippen LogP contribution in [-0.2, 0) is 6.54 Å². The number of hydrogen-bond donors (Lipinski definition) is 0. The number of rotatable bonds is 4. The minimum Gasteiger partial charge on any atom is -0.497 e. The maximum absolute atomic E-state index is 6.18. The summed E-state index contributed by atoms with van der Waals surface area (Å²) in [6.07, 6.45) is 0. The van der Waals surface area contributed by atoms with E-state index < -0.39 is 0 Å². The molecule has 0 saturated carbocycles. The number of ether oxygens (including phenoxy) is 1. The molecule has 0 amide bonds.